The van der Waals surface area contributed by atoms with Gasteiger partial charge in [-0.2, -0.15) is 24.4 Å². The first-order valence-corrected chi connectivity index (χ1v) is 6.59. The summed E-state index contributed by atoms with van der Waals surface area (Å²) in [6.07, 6.45) is 1.25. The van der Waals surface area contributed by atoms with Crippen molar-refractivity contribution in [3.05, 3.63) is 0 Å². The maximum Gasteiger partial charge on any atom is 0.336 e. The summed E-state index contributed by atoms with van der Waals surface area (Å²) in [6.45, 7) is 0. The zero-order chi connectivity index (χ0) is 12.6. The summed E-state index contributed by atoms with van der Waals surface area (Å²) in [5.74, 6) is -0.991. The third-order valence-electron chi connectivity index (χ3n) is 1.71. The number of aliphatic carboxylic acids is 1. The van der Waals surface area contributed by atoms with Gasteiger partial charge in [0.05, 0.1) is 6.04 Å². The molecule has 8 heteroatoms. The Bertz CT molecular complexity index is 240. The Morgan fingerprint density at radius 3 is 2.69 bits per heavy atom. The molecule has 0 heterocycles. The predicted molar refractivity (Wildman–Crippen MR) is 65.5 cm³/mol. The zero-order valence-electron chi connectivity index (χ0n) is 8.88. The highest BCUT2D eigenvalue weighted by Gasteiger charge is 2.20. The molecular formula is C8H16N2O4S2. The Hall–Kier alpha value is -0.440. The molecule has 0 aromatic heterocycles. The van der Waals surface area contributed by atoms with Crippen LogP contribution in [0.3, 0.4) is 0 Å². The van der Waals surface area contributed by atoms with Gasteiger partial charge in [-0.15, -0.1) is 0 Å². The summed E-state index contributed by atoms with van der Waals surface area (Å²) in [4.78, 5) is 26.5. The van der Waals surface area contributed by atoms with Crippen LogP contribution in [0.15, 0.2) is 0 Å². The second-order valence-electron chi connectivity index (χ2n) is 2.98. The van der Waals surface area contributed by atoms with E-state index in [-0.39, 0.29) is 5.75 Å². The van der Waals surface area contributed by atoms with Crippen molar-refractivity contribution in [3.63, 3.8) is 0 Å². The average molecular weight is 268 g/mol. The van der Waals surface area contributed by atoms with E-state index in [2.05, 4.69) is 17.5 Å². The summed E-state index contributed by atoms with van der Waals surface area (Å²) >= 11 is 5.35. The number of amides is 1. The molecule has 0 spiro atoms. The van der Waals surface area contributed by atoms with Crippen LogP contribution in [0.5, 0.6) is 0 Å². The van der Waals surface area contributed by atoms with E-state index in [1.807, 2.05) is 11.7 Å². The van der Waals surface area contributed by atoms with E-state index < -0.39 is 24.0 Å². The molecule has 4 N–H and O–H groups in total. The minimum absolute atomic E-state index is 0.0321. The molecule has 0 radical (unpaired) electrons. The lowest BCUT2D eigenvalue weighted by Gasteiger charge is -2.14. The van der Waals surface area contributed by atoms with Crippen molar-refractivity contribution in [3.8, 4) is 0 Å². The van der Waals surface area contributed by atoms with Crippen molar-refractivity contribution in [1.82, 2.24) is 5.48 Å². The van der Waals surface area contributed by atoms with Crippen molar-refractivity contribution in [2.75, 3.05) is 17.8 Å². The number of hydrogen-bond donors (Lipinski definition) is 4. The van der Waals surface area contributed by atoms with E-state index in [9.17, 15) is 9.59 Å². The molecule has 0 aliphatic heterocycles. The molecule has 94 valence electrons. The number of nitrogens with two attached hydrogens (primary N) is 1. The number of carboxylic acids is 1. The van der Waals surface area contributed by atoms with Crippen molar-refractivity contribution in [2.24, 2.45) is 5.73 Å². The highest BCUT2D eigenvalue weighted by molar-refractivity contribution is 7.98. The summed E-state index contributed by atoms with van der Waals surface area (Å²) < 4.78 is 0. The van der Waals surface area contributed by atoms with Gasteiger partial charge >= 0.3 is 5.97 Å². The molecule has 0 aromatic carbocycles. The quantitative estimate of drug-likeness (QED) is 0.350. The second kappa shape index (κ2) is 8.68. The maximum atomic E-state index is 11.3. The van der Waals surface area contributed by atoms with Crippen LogP contribution in [0.25, 0.3) is 0 Å². The molecule has 0 aromatic rings. The molecule has 0 aliphatic rings. The first kappa shape index (κ1) is 15.6. The van der Waals surface area contributed by atoms with E-state index in [1.165, 1.54) is 0 Å². The van der Waals surface area contributed by atoms with Gasteiger partial charge in [-0.1, -0.05) is 0 Å². The normalized spacial score (nSPS) is 14.2. The number of carbonyl (C=O) groups excluding carboxylic acids is 1. The number of rotatable bonds is 8. The van der Waals surface area contributed by atoms with E-state index >= 15 is 0 Å². The zero-order valence-corrected chi connectivity index (χ0v) is 10.6. The third-order valence-corrected chi connectivity index (χ3v) is 2.69. The van der Waals surface area contributed by atoms with Gasteiger partial charge in [0, 0.05) is 5.75 Å². The highest BCUT2D eigenvalue weighted by atomic mass is 32.2. The molecule has 1 amide bonds. The van der Waals surface area contributed by atoms with Gasteiger partial charge in [0.1, 0.15) is 0 Å². The summed E-state index contributed by atoms with van der Waals surface area (Å²) in [5.41, 5.74) is 7.56. The van der Waals surface area contributed by atoms with Crippen LogP contribution in [0.2, 0.25) is 0 Å². The fourth-order valence-corrected chi connectivity index (χ4v) is 1.47. The van der Waals surface area contributed by atoms with Gasteiger partial charge in [0.25, 0.3) is 5.91 Å². The standard InChI is InChI=1S/C8H16N2O4S2/c1-16-3-2-5(9)7(11)10-14-6(4-15)8(12)13/h5-6,15H,2-4,9H2,1H3,(H,10,11)(H,12,13). The maximum absolute atomic E-state index is 11.3. The van der Waals surface area contributed by atoms with E-state index in [0.29, 0.717) is 6.42 Å². The summed E-state index contributed by atoms with van der Waals surface area (Å²) in [5, 5.41) is 8.61. The fourth-order valence-electron chi connectivity index (χ4n) is 0.747. The Balaban J connectivity index is 3.91. The van der Waals surface area contributed by atoms with Gasteiger partial charge in [-0.25, -0.2) is 10.3 Å². The van der Waals surface area contributed by atoms with Crippen LogP contribution >= 0.6 is 24.4 Å². The van der Waals surface area contributed by atoms with Crippen LogP contribution in [-0.4, -0.2) is 46.9 Å². The molecule has 16 heavy (non-hydrogen) atoms. The minimum Gasteiger partial charge on any atom is -0.479 e. The molecule has 0 rings (SSSR count). The third kappa shape index (κ3) is 6.21. The number of carboxylic acid groups (broad SMARTS) is 1. The minimum atomic E-state index is -1.19. The van der Waals surface area contributed by atoms with Gasteiger partial charge in [-0.3, -0.25) is 9.63 Å². The fraction of sp³-hybridized carbons (Fsp3) is 0.750. The summed E-state index contributed by atoms with van der Waals surface area (Å²) in [6, 6.07) is -0.693. The molecule has 0 bridgehead atoms. The SMILES string of the molecule is CSCCC(N)C(=O)NOC(CS)C(=O)O. The van der Waals surface area contributed by atoms with Crippen LogP contribution in [-0.2, 0) is 14.4 Å². The first-order valence-electron chi connectivity index (χ1n) is 4.56. The first-order chi connectivity index (χ1) is 7.52. The monoisotopic (exact) mass is 268 g/mol. The number of thioether (sulfide) groups is 1. The summed E-state index contributed by atoms with van der Waals surface area (Å²) in [7, 11) is 0. The Morgan fingerprint density at radius 2 is 2.25 bits per heavy atom. The molecule has 6 nitrogen and oxygen atoms in total. The van der Waals surface area contributed by atoms with Crippen LogP contribution in [0, 0.1) is 0 Å². The number of carbonyl (C=O) groups is 2. The Labute approximate surface area is 104 Å². The van der Waals surface area contributed by atoms with Crippen molar-refractivity contribution in [2.45, 2.75) is 18.6 Å². The van der Waals surface area contributed by atoms with Crippen LogP contribution in [0.1, 0.15) is 6.42 Å². The molecule has 0 saturated heterocycles. The topological polar surface area (TPSA) is 102 Å². The number of hydroxylamine groups is 1. The van der Waals surface area contributed by atoms with E-state index in [4.69, 9.17) is 10.8 Å². The lowest BCUT2D eigenvalue weighted by atomic mass is 10.2. The van der Waals surface area contributed by atoms with Gasteiger partial charge in [0.2, 0.25) is 0 Å². The van der Waals surface area contributed by atoms with Crippen molar-refractivity contribution < 1.29 is 19.5 Å². The largest absolute Gasteiger partial charge is 0.479 e. The van der Waals surface area contributed by atoms with E-state index in [1.54, 1.807) is 11.8 Å². The second-order valence-corrected chi connectivity index (χ2v) is 4.33. The average Bonchev–Trinajstić information content (AvgIpc) is 2.25. The van der Waals surface area contributed by atoms with E-state index in [0.717, 1.165) is 5.75 Å². The highest BCUT2D eigenvalue weighted by Crippen LogP contribution is 1.99. The Morgan fingerprint density at radius 1 is 1.62 bits per heavy atom. The smallest absolute Gasteiger partial charge is 0.336 e. The molecule has 2 unspecified atom stereocenters. The Kier molecular flexibility index (Phi) is 8.44. The number of hydrogen-bond acceptors (Lipinski definition) is 6. The van der Waals surface area contributed by atoms with Crippen LogP contribution < -0.4 is 11.2 Å². The molecular weight excluding hydrogens is 252 g/mol. The number of nitrogens with one attached hydrogen (secondary N) is 1. The van der Waals surface area contributed by atoms with Gasteiger partial charge < -0.3 is 10.8 Å². The van der Waals surface area contributed by atoms with Crippen molar-refractivity contribution >= 4 is 36.3 Å². The molecule has 2 atom stereocenters. The lowest BCUT2D eigenvalue weighted by Crippen LogP contribution is -2.44. The molecule has 0 aliphatic carbocycles. The molecule has 0 saturated carbocycles. The molecule has 0 fully saturated rings. The van der Waals surface area contributed by atoms with Crippen molar-refractivity contribution in [1.29, 1.82) is 0 Å². The number of thiol groups is 1. The lowest BCUT2D eigenvalue weighted by molar-refractivity contribution is -0.158. The van der Waals surface area contributed by atoms with Gasteiger partial charge in [0.15, 0.2) is 6.10 Å². The predicted octanol–water partition coefficient (Wildman–Crippen LogP) is -0.502. The van der Waals surface area contributed by atoms with Gasteiger partial charge in [-0.05, 0) is 18.4 Å². The van der Waals surface area contributed by atoms with Crippen LogP contribution in [0.4, 0.5) is 0 Å².